The molecule has 0 N–H and O–H groups in total. The van der Waals surface area contributed by atoms with Crippen molar-refractivity contribution in [2.24, 2.45) is 0 Å². The van der Waals surface area contributed by atoms with E-state index in [2.05, 4.69) is 0 Å². The maximum absolute atomic E-state index is 12.9. The van der Waals surface area contributed by atoms with Crippen LogP contribution in [0.25, 0.3) is 6.08 Å². The lowest BCUT2D eigenvalue weighted by Crippen LogP contribution is -2.50. The Kier molecular flexibility index (Phi) is 5.86. The third-order valence-electron chi connectivity index (χ3n) is 4.48. The summed E-state index contributed by atoms with van der Waals surface area (Å²) in [6, 6.07) is 13.0. The second-order valence-corrected chi connectivity index (χ2v) is 6.23. The molecular formula is C21H21FN2O3. The summed E-state index contributed by atoms with van der Waals surface area (Å²) in [6.07, 6.45) is 3.14. The first kappa shape index (κ1) is 18.6. The Hall–Kier alpha value is -3.15. The Bertz CT molecular complexity index is 841. The predicted molar refractivity (Wildman–Crippen MR) is 101 cm³/mol. The molecule has 0 atom stereocenters. The number of nitrogens with zero attached hydrogens (tertiary/aromatic N) is 2. The fourth-order valence-electron chi connectivity index (χ4n) is 2.92. The summed E-state index contributed by atoms with van der Waals surface area (Å²) >= 11 is 0. The summed E-state index contributed by atoms with van der Waals surface area (Å²) in [6.45, 7) is 1.91. The van der Waals surface area contributed by atoms with Gasteiger partial charge in [0.2, 0.25) is 5.91 Å². The van der Waals surface area contributed by atoms with Crippen LogP contribution in [-0.4, -0.2) is 54.9 Å². The van der Waals surface area contributed by atoms with Crippen LogP contribution in [-0.2, 0) is 4.79 Å². The molecule has 3 rings (SSSR count). The molecule has 0 unspecified atom stereocenters. The monoisotopic (exact) mass is 368 g/mol. The van der Waals surface area contributed by atoms with Crippen molar-refractivity contribution in [2.45, 2.75) is 0 Å². The molecule has 5 nitrogen and oxygen atoms in total. The van der Waals surface area contributed by atoms with Crippen LogP contribution < -0.4 is 4.74 Å². The molecule has 0 radical (unpaired) electrons. The molecule has 1 aliphatic heterocycles. The van der Waals surface area contributed by atoms with Crippen LogP contribution in [0.4, 0.5) is 4.39 Å². The summed E-state index contributed by atoms with van der Waals surface area (Å²) in [4.78, 5) is 28.4. The van der Waals surface area contributed by atoms with Crippen molar-refractivity contribution < 1.29 is 18.7 Å². The van der Waals surface area contributed by atoms with Gasteiger partial charge in [0.05, 0.1) is 7.11 Å². The van der Waals surface area contributed by atoms with Crippen molar-refractivity contribution in [3.63, 3.8) is 0 Å². The predicted octanol–water partition coefficient (Wildman–Crippen LogP) is 2.83. The highest BCUT2D eigenvalue weighted by Gasteiger charge is 2.24. The minimum absolute atomic E-state index is 0.0668. The van der Waals surface area contributed by atoms with Crippen molar-refractivity contribution in [3.8, 4) is 5.75 Å². The molecule has 0 aromatic heterocycles. The molecular weight excluding hydrogens is 347 g/mol. The molecule has 2 amide bonds. The van der Waals surface area contributed by atoms with Crippen molar-refractivity contribution in [3.05, 3.63) is 71.6 Å². The van der Waals surface area contributed by atoms with Crippen molar-refractivity contribution in [2.75, 3.05) is 33.3 Å². The van der Waals surface area contributed by atoms with E-state index in [0.29, 0.717) is 37.5 Å². The first-order valence-electron chi connectivity index (χ1n) is 8.73. The van der Waals surface area contributed by atoms with E-state index in [1.807, 2.05) is 0 Å². The van der Waals surface area contributed by atoms with Gasteiger partial charge in [0, 0.05) is 37.8 Å². The second kappa shape index (κ2) is 8.49. The summed E-state index contributed by atoms with van der Waals surface area (Å²) in [5.41, 5.74) is 1.34. The van der Waals surface area contributed by atoms with Crippen LogP contribution in [0.3, 0.4) is 0 Å². The van der Waals surface area contributed by atoms with E-state index in [9.17, 15) is 14.0 Å². The van der Waals surface area contributed by atoms with Crippen molar-refractivity contribution in [1.82, 2.24) is 9.80 Å². The summed E-state index contributed by atoms with van der Waals surface area (Å²) in [5, 5.41) is 0. The molecule has 2 aromatic rings. The largest absolute Gasteiger partial charge is 0.497 e. The number of rotatable bonds is 4. The molecule has 0 saturated carbocycles. The van der Waals surface area contributed by atoms with Crippen LogP contribution in [0.2, 0.25) is 0 Å². The highest BCUT2D eigenvalue weighted by molar-refractivity contribution is 5.95. The molecule has 1 fully saturated rings. The van der Waals surface area contributed by atoms with Gasteiger partial charge in [-0.2, -0.15) is 0 Å². The van der Waals surface area contributed by atoms with E-state index in [0.717, 1.165) is 5.56 Å². The van der Waals surface area contributed by atoms with Gasteiger partial charge in [-0.05, 0) is 42.0 Å². The molecule has 0 bridgehead atoms. The zero-order valence-corrected chi connectivity index (χ0v) is 15.1. The molecule has 0 spiro atoms. The Balaban J connectivity index is 1.55. The van der Waals surface area contributed by atoms with Gasteiger partial charge in [-0.1, -0.05) is 18.2 Å². The zero-order valence-electron chi connectivity index (χ0n) is 15.1. The van der Waals surface area contributed by atoms with Crippen LogP contribution in [0, 0.1) is 5.82 Å². The molecule has 1 saturated heterocycles. The lowest BCUT2D eigenvalue weighted by molar-refractivity contribution is -0.127. The third kappa shape index (κ3) is 4.73. The number of ether oxygens (including phenoxy) is 1. The zero-order chi connectivity index (χ0) is 19.2. The minimum Gasteiger partial charge on any atom is -0.497 e. The molecule has 27 heavy (non-hydrogen) atoms. The first-order valence-corrected chi connectivity index (χ1v) is 8.73. The van der Waals surface area contributed by atoms with Crippen molar-refractivity contribution in [1.29, 1.82) is 0 Å². The van der Waals surface area contributed by atoms with E-state index in [4.69, 9.17) is 4.74 Å². The van der Waals surface area contributed by atoms with Gasteiger partial charge >= 0.3 is 0 Å². The topological polar surface area (TPSA) is 49.9 Å². The second-order valence-electron chi connectivity index (χ2n) is 6.23. The SMILES string of the molecule is COc1cccc(C(=O)N2CCN(C(=O)/C=C\c3ccc(F)cc3)CC2)c1. The average Bonchev–Trinajstić information content (AvgIpc) is 2.72. The lowest BCUT2D eigenvalue weighted by Gasteiger charge is -2.34. The lowest BCUT2D eigenvalue weighted by atomic mass is 10.1. The molecule has 2 aromatic carbocycles. The quantitative estimate of drug-likeness (QED) is 0.780. The van der Waals surface area contributed by atoms with Crippen LogP contribution >= 0.6 is 0 Å². The smallest absolute Gasteiger partial charge is 0.254 e. The normalized spacial score (nSPS) is 14.4. The van der Waals surface area contributed by atoms with Gasteiger partial charge in [-0.25, -0.2) is 4.39 Å². The number of piperazine rings is 1. The number of hydrogen-bond acceptors (Lipinski definition) is 3. The number of carbonyl (C=O) groups is 2. The van der Waals surface area contributed by atoms with Crippen LogP contribution in [0.1, 0.15) is 15.9 Å². The number of halogens is 1. The Morgan fingerprint density at radius 3 is 2.33 bits per heavy atom. The maximum Gasteiger partial charge on any atom is 0.254 e. The molecule has 1 aliphatic rings. The maximum atomic E-state index is 12.9. The summed E-state index contributed by atoms with van der Waals surface area (Å²) < 4.78 is 18.1. The molecule has 1 heterocycles. The molecule has 6 heteroatoms. The van der Waals surface area contributed by atoms with E-state index in [-0.39, 0.29) is 17.6 Å². The number of amides is 2. The number of methoxy groups -OCH3 is 1. The minimum atomic E-state index is -0.310. The van der Waals surface area contributed by atoms with Gasteiger partial charge in [0.25, 0.3) is 5.91 Å². The third-order valence-corrected chi connectivity index (χ3v) is 4.48. The fourth-order valence-corrected chi connectivity index (χ4v) is 2.92. The van der Waals surface area contributed by atoms with Gasteiger partial charge in [-0.3, -0.25) is 9.59 Å². The van der Waals surface area contributed by atoms with Gasteiger partial charge in [0.15, 0.2) is 0 Å². The Labute approximate surface area is 157 Å². The number of hydrogen-bond donors (Lipinski definition) is 0. The molecule has 140 valence electrons. The summed E-state index contributed by atoms with van der Waals surface area (Å²) in [7, 11) is 1.56. The molecule has 0 aliphatic carbocycles. The first-order chi connectivity index (χ1) is 13.1. The number of carbonyl (C=O) groups excluding carboxylic acids is 2. The van der Waals surface area contributed by atoms with Gasteiger partial charge in [0.1, 0.15) is 11.6 Å². The Morgan fingerprint density at radius 1 is 1.00 bits per heavy atom. The van der Waals surface area contributed by atoms with Gasteiger partial charge in [-0.15, -0.1) is 0 Å². The average molecular weight is 368 g/mol. The highest BCUT2D eigenvalue weighted by Crippen LogP contribution is 2.16. The van der Waals surface area contributed by atoms with Crippen LogP contribution in [0.5, 0.6) is 5.75 Å². The van der Waals surface area contributed by atoms with E-state index >= 15 is 0 Å². The van der Waals surface area contributed by atoms with Crippen molar-refractivity contribution >= 4 is 17.9 Å². The summed E-state index contributed by atoms with van der Waals surface area (Å²) in [5.74, 6) is 0.145. The van der Waals surface area contributed by atoms with E-state index < -0.39 is 0 Å². The standard InChI is InChI=1S/C21H21FN2O3/c1-27-19-4-2-3-17(15-19)21(26)24-13-11-23(12-14-24)20(25)10-7-16-5-8-18(22)9-6-16/h2-10,15H,11-14H2,1H3/b10-7-. The Morgan fingerprint density at radius 2 is 1.67 bits per heavy atom. The van der Waals surface area contributed by atoms with E-state index in [1.54, 1.807) is 59.4 Å². The fraction of sp³-hybridized carbons (Fsp3) is 0.238. The van der Waals surface area contributed by atoms with Gasteiger partial charge < -0.3 is 14.5 Å². The van der Waals surface area contributed by atoms with Crippen LogP contribution in [0.15, 0.2) is 54.6 Å². The highest BCUT2D eigenvalue weighted by atomic mass is 19.1. The number of benzene rings is 2. The van der Waals surface area contributed by atoms with E-state index in [1.165, 1.54) is 18.2 Å².